The Kier molecular flexibility index (Phi) is 5.82. The van der Waals surface area contributed by atoms with Gasteiger partial charge in [-0.25, -0.2) is 9.78 Å². The van der Waals surface area contributed by atoms with Gasteiger partial charge >= 0.3 is 5.97 Å². The molecule has 0 bridgehead atoms. The van der Waals surface area contributed by atoms with Crippen LogP contribution in [-0.2, 0) is 4.74 Å². The van der Waals surface area contributed by atoms with Gasteiger partial charge in [0.1, 0.15) is 5.82 Å². The fourth-order valence-electron chi connectivity index (χ4n) is 2.98. The van der Waals surface area contributed by atoms with Crippen LogP contribution in [0.4, 0.5) is 17.5 Å². The highest BCUT2D eigenvalue weighted by Crippen LogP contribution is 2.22. The summed E-state index contributed by atoms with van der Waals surface area (Å²) in [5.41, 5.74) is 1.13. The number of hydrogen-bond donors (Lipinski definition) is 1. The maximum Gasteiger partial charge on any atom is 0.340 e. The van der Waals surface area contributed by atoms with Crippen LogP contribution >= 0.6 is 0 Å². The second-order valence-corrected chi connectivity index (χ2v) is 6.03. The first-order chi connectivity index (χ1) is 12.3. The van der Waals surface area contributed by atoms with Crippen molar-refractivity contribution in [2.45, 2.75) is 32.6 Å². The SMILES string of the molecule is CCOC(=O)c1ccccc1Nc1nccc(N2CCCCCC2)n1. The molecule has 1 aliphatic rings. The van der Waals surface area contributed by atoms with E-state index in [0.29, 0.717) is 23.8 Å². The molecule has 0 atom stereocenters. The molecule has 0 aliphatic carbocycles. The molecule has 25 heavy (non-hydrogen) atoms. The highest BCUT2D eigenvalue weighted by molar-refractivity contribution is 5.96. The molecule has 0 saturated carbocycles. The van der Waals surface area contributed by atoms with Gasteiger partial charge in [-0.2, -0.15) is 4.98 Å². The Bertz CT molecular complexity index is 712. The van der Waals surface area contributed by atoms with Crippen molar-refractivity contribution in [2.24, 2.45) is 0 Å². The van der Waals surface area contributed by atoms with Gasteiger partial charge in [0, 0.05) is 19.3 Å². The fraction of sp³-hybridized carbons (Fsp3) is 0.421. The van der Waals surface area contributed by atoms with Crippen LogP contribution in [0.3, 0.4) is 0 Å². The Morgan fingerprint density at radius 3 is 2.68 bits per heavy atom. The monoisotopic (exact) mass is 340 g/mol. The van der Waals surface area contributed by atoms with Crippen LogP contribution in [0.25, 0.3) is 0 Å². The summed E-state index contributed by atoms with van der Waals surface area (Å²) in [7, 11) is 0. The minimum atomic E-state index is -0.353. The first kappa shape index (κ1) is 17.2. The quantitative estimate of drug-likeness (QED) is 0.836. The van der Waals surface area contributed by atoms with Gasteiger partial charge < -0.3 is 15.0 Å². The van der Waals surface area contributed by atoms with Crippen molar-refractivity contribution in [3.05, 3.63) is 42.1 Å². The number of esters is 1. The van der Waals surface area contributed by atoms with Crippen molar-refractivity contribution in [3.8, 4) is 0 Å². The van der Waals surface area contributed by atoms with Crippen LogP contribution in [0.15, 0.2) is 36.5 Å². The summed E-state index contributed by atoms with van der Waals surface area (Å²) in [6.45, 7) is 4.18. The van der Waals surface area contributed by atoms with Gasteiger partial charge in [-0.15, -0.1) is 0 Å². The number of nitrogens with one attached hydrogen (secondary N) is 1. The van der Waals surface area contributed by atoms with E-state index in [1.807, 2.05) is 24.3 Å². The number of anilines is 3. The summed E-state index contributed by atoms with van der Waals surface area (Å²) in [4.78, 5) is 23.3. The van der Waals surface area contributed by atoms with Gasteiger partial charge in [0.15, 0.2) is 0 Å². The number of benzene rings is 1. The van der Waals surface area contributed by atoms with E-state index >= 15 is 0 Å². The molecule has 6 heteroatoms. The summed E-state index contributed by atoms with van der Waals surface area (Å²) in [5.74, 6) is 1.06. The Hall–Kier alpha value is -2.63. The number of para-hydroxylation sites is 1. The molecule has 0 radical (unpaired) electrons. The normalized spacial score (nSPS) is 14.7. The molecule has 1 aromatic heterocycles. The highest BCUT2D eigenvalue weighted by atomic mass is 16.5. The average molecular weight is 340 g/mol. The summed E-state index contributed by atoms with van der Waals surface area (Å²) in [5, 5.41) is 3.16. The lowest BCUT2D eigenvalue weighted by atomic mass is 10.2. The standard InChI is InChI=1S/C19H24N4O2/c1-2-25-18(24)15-9-5-6-10-16(15)21-19-20-12-11-17(22-19)23-13-7-3-4-8-14-23/h5-6,9-12H,2-4,7-8,13-14H2,1H3,(H,20,21,22). The molecule has 1 fully saturated rings. The number of aromatic nitrogens is 2. The number of carbonyl (C=O) groups excluding carboxylic acids is 1. The molecule has 132 valence electrons. The molecule has 0 unspecified atom stereocenters. The molecule has 1 aromatic carbocycles. The van der Waals surface area contributed by atoms with Crippen LogP contribution in [0, 0.1) is 0 Å². The van der Waals surface area contributed by atoms with Crippen LogP contribution in [0.2, 0.25) is 0 Å². The molecular weight excluding hydrogens is 316 g/mol. The zero-order chi connectivity index (χ0) is 17.5. The molecular formula is C19H24N4O2. The van der Waals surface area contributed by atoms with E-state index < -0.39 is 0 Å². The average Bonchev–Trinajstić information content (AvgIpc) is 2.92. The van der Waals surface area contributed by atoms with E-state index in [2.05, 4.69) is 20.2 Å². The fourth-order valence-corrected chi connectivity index (χ4v) is 2.98. The highest BCUT2D eigenvalue weighted by Gasteiger charge is 2.15. The molecule has 6 nitrogen and oxygen atoms in total. The van der Waals surface area contributed by atoms with E-state index in [1.54, 1.807) is 19.2 Å². The Labute approximate surface area is 148 Å². The summed E-state index contributed by atoms with van der Waals surface area (Å²) in [6.07, 6.45) is 6.69. The topological polar surface area (TPSA) is 67.3 Å². The molecule has 1 saturated heterocycles. The molecule has 2 aromatic rings. The Morgan fingerprint density at radius 1 is 1.16 bits per heavy atom. The number of hydrogen-bond acceptors (Lipinski definition) is 6. The number of carbonyl (C=O) groups is 1. The number of rotatable bonds is 5. The van der Waals surface area contributed by atoms with Gasteiger partial charge in [0.05, 0.1) is 17.9 Å². The zero-order valence-electron chi connectivity index (χ0n) is 14.6. The molecule has 1 N–H and O–H groups in total. The minimum absolute atomic E-state index is 0.341. The third-order valence-corrected chi connectivity index (χ3v) is 4.24. The summed E-state index contributed by atoms with van der Waals surface area (Å²) in [6, 6.07) is 9.18. The first-order valence-corrected chi connectivity index (χ1v) is 8.89. The maximum atomic E-state index is 12.1. The summed E-state index contributed by atoms with van der Waals surface area (Å²) >= 11 is 0. The predicted octanol–water partition coefficient (Wildman–Crippen LogP) is 3.78. The lowest BCUT2D eigenvalue weighted by Crippen LogP contribution is -2.25. The van der Waals surface area contributed by atoms with Crippen molar-refractivity contribution in [1.82, 2.24) is 9.97 Å². The largest absolute Gasteiger partial charge is 0.462 e. The molecule has 1 aliphatic heterocycles. The van der Waals surface area contributed by atoms with Crippen molar-refractivity contribution in [1.29, 1.82) is 0 Å². The van der Waals surface area contributed by atoms with Crippen LogP contribution in [-0.4, -0.2) is 35.6 Å². The smallest absolute Gasteiger partial charge is 0.340 e. The molecule has 2 heterocycles. The predicted molar refractivity (Wildman–Crippen MR) is 98.4 cm³/mol. The number of nitrogens with zero attached hydrogens (tertiary/aromatic N) is 3. The third-order valence-electron chi connectivity index (χ3n) is 4.24. The van der Waals surface area contributed by atoms with Gasteiger partial charge in [0.25, 0.3) is 0 Å². The molecule has 0 spiro atoms. The number of ether oxygens (including phenoxy) is 1. The maximum absolute atomic E-state index is 12.1. The van der Waals surface area contributed by atoms with Gasteiger partial charge in [-0.3, -0.25) is 0 Å². The van der Waals surface area contributed by atoms with Crippen LogP contribution in [0.1, 0.15) is 43.0 Å². The van der Waals surface area contributed by atoms with Crippen LogP contribution < -0.4 is 10.2 Å². The Morgan fingerprint density at radius 2 is 1.92 bits per heavy atom. The Balaban J connectivity index is 1.79. The lowest BCUT2D eigenvalue weighted by molar-refractivity contribution is 0.0527. The zero-order valence-corrected chi connectivity index (χ0v) is 14.6. The minimum Gasteiger partial charge on any atom is -0.462 e. The van der Waals surface area contributed by atoms with Gasteiger partial charge in [0.2, 0.25) is 5.95 Å². The van der Waals surface area contributed by atoms with Crippen molar-refractivity contribution in [2.75, 3.05) is 29.9 Å². The second-order valence-electron chi connectivity index (χ2n) is 6.03. The summed E-state index contributed by atoms with van der Waals surface area (Å²) < 4.78 is 5.11. The van der Waals surface area contributed by atoms with Gasteiger partial charge in [-0.05, 0) is 38.0 Å². The molecule has 0 amide bonds. The van der Waals surface area contributed by atoms with E-state index in [0.717, 1.165) is 18.9 Å². The van der Waals surface area contributed by atoms with Crippen molar-refractivity contribution in [3.63, 3.8) is 0 Å². The second kappa shape index (κ2) is 8.46. The van der Waals surface area contributed by atoms with E-state index in [4.69, 9.17) is 4.74 Å². The van der Waals surface area contributed by atoms with Crippen molar-refractivity contribution >= 4 is 23.4 Å². The van der Waals surface area contributed by atoms with E-state index in [1.165, 1.54) is 25.7 Å². The van der Waals surface area contributed by atoms with Gasteiger partial charge in [-0.1, -0.05) is 25.0 Å². The third kappa shape index (κ3) is 4.47. The van der Waals surface area contributed by atoms with E-state index in [9.17, 15) is 4.79 Å². The van der Waals surface area contributed by atoms with E-state index in [-0.39, 0.29) is 5.97 Å². The molecule has 3 rings (SSSR count). The van der Waals surface area contributed by atoms with Crippen LogP contribution in [0.5, 0.6) is 0 Å². The lowest BCUT2D eigenvalue weighted by Gasteiger charge is -2.21. The van der Waals surface area contributed by atoms with Crippen molar-refractivity contribution < 1.29 is 9.53 Å². The first-order valence-electron chi connectivity index (χ1n) is 8.89.